The minimum absolute atomic E-state index is 0.458. The Hall–Kier alpha value is -1.85. The summed E-state index contributed by atoms with van der Waals surface area (Å²) < 4.78 is 28.2. The second-order valence-electron chi connectivity index (χ2n) is 5.05. The van der Waals surface area contributed by atoms with E-state index in [1.807, 2.05) is 10.9 Å². The van der Waals surface area contributed by atoms with Gasteiger partial charge in [-0.1, -0.05) is 0 Å². The zero-order valence-corrected chi connectivity index (χ0v) is 10.6. The van der Waals surface area contributed by atoms with E-state index in [0.717, 1.165) is 19.0 Å². The quantitative estimate of drug-likeness (QED) is 0.852. The fraction of sp³-hybridized carbons (Fsp3) is 0.462. The van der Waals surface area contributed by atoms with Crippen LogP contribution in [0.1, 0.15) is 25.6 Å². The SMILES string of the molecule is CC(F)(F)c1nccc(-c2cnn(CC3CC3)c2)n1. The lowest BCUT2D eigenvalue weighted by Gasteiger charge is -2.08. The molecule has 0 atom stereocenters. The Labute approximate surface area is 109 Å². The van der Waals surface area contributed by atoms with E-state index in [2.05, 4.69) is 15.1 Å². The molecule has 19 heavy (non-hydrogen) atoms. The van der Waals surface area contributed by atoms with Crippen LogP contribution < -0.4 is 0 Å². The molecule has 0 radical (unpaired) electrons. The van der Waals surface area contributed by atoms with E-state index in [-0.39, 0.29) is 0 Å². The predicted molar refractivity (Wildman–Crippen MR) is 65.5 cm³/mol. The van der Waals surface area contributed by atoms with Gasteiger partial charge < -0.3 is 0 Å². The van der Waals surface area contributed by atoms with Gasteiger partial charge in [-0.3, -0.25) is 4.68 Å². The summed E-state index contributed by atoms with van der Waals surface area (Å²) in [5, 5.41) is 4.23. The second kappa shape index (κ2) is 4.36. The van der Waals surface area contributed by atoms with Crippen molar-refractivity contribution in [2.75, 3.05) is 0 Å². The molecule has 1 aliphatic carbocycles. The molecular weight excluding hydrogens is 250 g/mol. The van der Waals surface area contributed by atoms with Gasteiger partial charge in [0.2, 0.25) is 0 Å². The van der Waals surface area contributed by atoms with Gasteiger partial charge in [0.25, 0.3) is 0 Å². The highest BCUT2D eigenvalue weighted by molar-refractivity contribution is 5.56. The molecule has 3 rings (SSSR count). The van der Waals surface area contributed by atoms with Crippen LogP contribution in [0.2, 0.25) is 0 Å². The molecule has 0 spiro atoms. The van der Waals surface area contributed by atoms with E-state index in [0.29, 0.717) is 11.6 Å². The maximum atomic E-state index is 13.2. The number of hydrogen-bond donors (Lipinski definition) is 0. The number of aromatic nitrogens is 4. The zero-order valence-electron chi connectivity index (χ0n) is 10.6. The van der Waals surface area contributed by atoms with Gasteiger partial charge in [0.15, 0.2) is 5.82 Å². The molecule has 2 aromatic rings. The van der Waals surface area contributed by atoms with Crippen LogP contribution in [0.5, 0.6) is 0 Å². The van der Waals surface area contributed by atoms with Crippen LogP contribution in [0, 0.1) is 5.92 Å². The van der Waals surface area contributed by atoms with Crippen LogP contribution in [0.15, 0.2) is 24.7 Å². The summed E-state index contributed by atoms with van der Waals surface area (Å²) in [7, 11) is 0. The Morgan fingerprint density at radius 1 is 1.42 bits per heavy atom. The largest absolute Gasteiger partial charge is 0.303 e. The van der Waals surface area contributed by atoms with E-state index >= 15 is 0 Å². The van der Waals surface area contributed by atoms with Gasteiger partial charge in [-0.15, -0.1) is 0 Å². The normalized spacial score (nSPS) is 15.7. The van der Waals surface area contributed by atoms with Gasteiger partial charge in [-0.25, -0.2) is 9.97 Å². The summed E-state index contributed by atoms with van der Waals surface area (Å²) in [4.78, 5) is 7.52. The molecule has 100 valence electrons. The summed E-state index contributed by atoms with van der Waals surface area (Å²) in [6.45, 7) is 1.69. The third-order valence-electron chi connectivity index (χ3n) is 3.12. The van der Waals surface area contributed by atoms with Gasteiger partial charge in [-0.2, -0.15) is 13.9 Å². The van der Waals surface area contributed by atoms with Gasteiger partial charge in [-0.05, 0) is 24.8 Å². The van der Waals surface area contributed by atoms with Crippen molar-refractivity contribution < 1.29 is 8.78 Å². The number of rotatable bonds is 4. The van der Waals surface area contributed by atoms with Crippen molar-refractivity contribution in [2.24, 2.45) is 5.92 Å². The lowest BCUT2D eigenvalue weighted by atomic mass is 10.2. The van der Waals surface area contributed by atoms with E-state index in [1.165, 1.54) is 19.0 Å². The molecule has 1 aliphatic rings. The van der Waals surface area contributed by atoms with Crippen molar-refractivity contribution in [3.63, 3.8) is 0 Å². The lowest BCUT2D eigenvalue weighted by molar-refractivity contribution is 0.00779. The third-order valence-corrected chi connectivity index (χ3v) is 3.12. The van der Waals surface area contributed by atoms with Gasteiger partial charge >= 0.3 is 5.92 Å². The molecule has 2 aromatic heterocycles. The van der Waals surface area contributed by atoms with Gasteiger partial charge in [0.1, 0.15) is 0 Å². The standard InChI is InChI=1S/C13H14F2N4/c1-13(14,15)12-16-5-4-11(18-12)10-6-17-19(8-10)7-9-2-3-9/h4-6,8-9H,2-3,7H2,1H3. The van der Waals surface area contributed by atoms with Crippen molar-refractivity contribution in [3.8, 4) is 11.3 Å². The zero-order chi connectivity index (χ0) is 13.5. The average molecular weight is 264 g/mol. The topological polar surface area (TPSA) is 43.6 Å². The fourth-order valence-electron chi connectivity index (χ4n) is 1.89. The minimum atomic E-state index is -3.03. The molecular formula is C13H14F2N4. The van der Waals surface area contributed by atoms with E-state index in [1.54, 1.807) is 12.3 Å². The number of alkyl halides is 2. The highest BCUT2D eigenvalue weighted by atomic mass is 19.3. The van der Waals surface area contributed by atoms with Crippen LogP contribution in [0.4, 0.5) is 8.78 Å². The average Bonchev–Trinajstić information content (AvgIpc) is 3.04. The molecule has 0 N–H and O–H groups in total. The van der Waals surface area contributed by atoms with Gasteiger partial charge in [0, 0.05) is 31.4 Å². The van der Waals surface area contributed by atoms with Crippen molar-refractivity contribution in [1.82, 2.24) is 19.7 Å². The van der Waals surface area contributed by atoms with Crippen LogP contribution in [0.3, 0.4) is 0 Å². The first-order chi connectivity index (χ1) is 9.02. The van der Waals surface area contributed by atoms with Crippen LogP contribution in [0.25, 0.3) is 11.3 Å². The molecule has 6 heteroatoms. The van der Waals surface area contributed by atoms with E-state index in [4.69, 9.17) is 0 Å². The van der Waals surface area contributed by atoms with Crippen molar-refractivity contribution in [2.45, 2.75) is 32.2 Å². The predicted octanol–water partition coefficient (Wildman–Crippen LogP) is 2.86. The second-order valence-corrected chi connectivity index (χ2v) is 5.05. The Bertz CT molecular complexity index is 584. The van der Waals surface area contributed by atoms with Crippen molar-refractivity contribution >= 4 is 0 Å². The highest BCUT2D eigenvalue weighted by Gasteiger charge is 2.28. The van der Waals surface area contributed by atoms with Crippen LogP contribution in [-0.2, 0) is 12.5 Å². The van der Waals surface area contributed by atoms with Crippen LogP contribution >= 0.6 is 0 Å². The lowest BCUT2D eigenvalue weighted by Crippen LogP contribution is -2.12. The summed E-state index contributed by atoms with van der Waals surface area (Å²) >= 11 is 0. The summed E-state index contributed by atoms with van der Waals surface area (Å²) in [5.41, 5.74) is 1.22. The molecule has 0 bridgehead atoms. The Morgan fingerprint density at radius 3 is 2.89 bits per heavy atom. The molecule has 1 saturated carbocycles. The van der Waals surface area contributed by atoms with Gasteiger partial charge in [0.05, 0.1) is 11.9 Å². The van der Waals surface area contributed by atoms with E-state index in [9.17, 15) is 8.78 Å². The minimum Gasteiger partial charge on any atom is -0.272 e. The summed E-state index contributed by atoms with van der Waals surface area (Å²) in [5.74, 6) is -2.77. The van der Waals surface area contributed by atoms with E-state index < -0.39 is 11.7 Å². The third kappa shape index (κ3) is 2.77. The number of hydrogen-bond acceptors (Lipinski definition) is 3. The molecule has 0 saturated heterocycles. The maximum absolute atomic E-state index is 13.2. The first-order valence-corrected chi connectivity index (χ1v) is 6.26. The smallest absolute Gasteiger partial charge is 0.272 e. The summed E-state index contributed by atoms with van der Waals surface area (Å²) in [6, 6.07) is 1.62. The molecule has 2 heterocycles. The number of halogens is 2. The Morgan fingerprint density at radius 2 is 2.21 bits per heavy atom. The Kier molecular flexibility index (Phi) is 2.80. The molecule has 4 nitrogen and oxygen atoms in total. The summed E-state index contributed by atoms with van der Waals surface area (Å²) in [6.07, 6.45) is 7.34. The molecule has 0 aromatic carbocycles. The fourth-order valence-corrected chi connectivity index (χ4v) is 1.89. The van der Waals surface area contributed by atoms with Crippen molar-refractivity contribution in [1.29, 1.82) is 0 Å². The monoisotopic (exact) mass is 264 g/mol. The first kappa shape index (κ1) is 12.2. The maximum Gasteiger partial charge on any atom is 0.303 e. The molecule has 1 fully saturated rings. The molecule has 0 amide bonds. The van der Waals surface area contributed by atoms with Crippen LogP contribution in [-0.4, -0.2) is 19.7 Å². The highest BCUT2D eigenvalue weighted by Crippen LogP contribution is 2.31. The number of nitrogens with zero attached hydrogens (tertiary/aromatic N) is 4. The molecule has 0 aliphatic heterocycles. The Balaban J connectivity index is 1.86. The first-order valence-electron chi connectivity index (χ1n) is 6.26. The van der Waals surface area contributed by atoms with Crippen molar-refractivity contribution in [3.05, 3.63) is 30.5 Å². The molecule has 0 unspecified atom stereocenters.